The molecular weight excluding hydrogens is 394 g/mol. The fourth-order valence-electron chi connectivity index (χ4n) is 4.05. The number of benzene rings is 1. The van der Waals surface area contributed by atoms with E-state index >= 15 is 0 Å². The Labute approximate surface area is 170 Å². The van der Waals surface area contributed by atoms with Crippen LogP contribution in [0.25, 0.3) is 0 Å². The second-order valence-electron chi connectivity index (χ2n) is 7.60. The minimum Gasteiger partial charge on any atom is -0.497 e. The summed E-state index contributed by atoms with van der Waals surface area (Å²) in [6, 6.07) is 9.37. The third kappa shape index (κ3) is 4.10. The van der Waals surface area contributed by atoms with Crippen molar-refractivity contribution in [2.75, 3.05) is 18.6 Å². The van der Waals surface area contributed by atoms with Crippen LogP contribution in [0.2, 0.25) is 0 Å². The maximum atomic E-state index is 13.4. The quantitative estimate of drug-likeness (QED) is 0.745. The maximum Gasteiger partial charge on any atom is 0.264 e. The number of carbonyl (C=O) groups is 1. The molecule has 1 aromatic carbocycles. The Balaban J connectivity index is 1.61. The van der Waals surface area contributed by atoms with Crippen LogP contribution >= 0.6 is 11.3 Å². The molecule has 1 saturated heterocycles. The van der Waals surface area contributed by atoms with Gasteiger partial charge in [-0.15, -0.1) is 11.3 Å². The second kappa shape index (κ2) is 7.87. The molecule has 2 aliphatic rings. The number of carbonyl (C=O) groups excluding carboxylic acids is 1. The van der Waals surface area contributed by atoms with E-state index in [1.165, 1.54) is 23.3 Å². The predicted molar refractivity (Wildman–Crippen MR) is 111 cm³/mol. The Hall–Kier alpha value is -1.86. The van der Waals surface area contributed by atoms with Gasteiger partial charge in [0.05, 0.1) is 23.5 Å². The van der Waals surface area contributed by atoms with Crippen LogP contribution < -0.4 is 4.74 Å². The third-order valence-electron chi connectivity index (χ3n) is 5.63. The zero-order chi connectivity index (χ0) is 19.7. The second-order valence-corrected chi connectivity index (χ2v) is 11.0. The number of amides is 1. The van der Waals surface area contributed by atoms with E-state index in [9.17, 15) is 13.2 Å². The fourth-order valence-corrected chi connectivity index (χ4v) is 6.99. The van der Waals surface area contributed by atoms with Crippen LogP contribution in [0.4, 0.5) is 0 Å². The molecule has 150 valence electrons. The summed E-state index contributed by atoms with van der Waals surface area (Å²) in [6.45, 7) is 0.408. The molecule has 0 bridgehead atoms. The van der Waals surface area contributed by atoms with Crippen LogP contribution in [0.3, 0.4) is 0 Å². The molecule has 0 spiro atoms. The Morgan fingerprint density at radius 2 is 1.96 bits per heavy atom. The highest BCUT2D eigenvalue weighted by molar-refractivity contribution is 7.91. The summed E-state index contributed by atoms with van der Waals surface area (Å²) in [5.74, 6) is 0.929. The molecule has 5 nitrogen and oxygen atoms in total. The van der Waals surface area contributed by atoms with Gasteiger partial charge >= 0.3 is 0 Å². The van der Waals surface area contributed by atoms with Crippen molar-refractivity contribution in [1.82, 2.24) is 4.90 Å². The van der Waals surface area contributed by atoms with Gasteiger partial charge in [-0.2, -0.15) is 0 Å². The minimum atomic E-state index is -3.07. The predicted octanol–water partition coefficient (Wildman–Crippen LogP) is 3.47. The Bertz CT molecular complexity index is 939. The smallest absolute Gasteiger partial charge is 0.264 e. The van der Waals surface area contributed by atoms with Crippen molar-refractivity contribution in [2.45, 2.75) is 44.7 Å². The zero-order valence-electron chi connectivity index (χ0n) is 16.0. The van der Waals surface area contributed by atoms with Crippen molar-refractivity contribution >= 4 is 27.1 Å². The van der Waals surface area contributed by atoms with Crippen LogP contribution in [-0.2, 0) is 29.2 Å². The number of aryl methyl sites for hydroxylation is 2. The first-order valence-electron chi connectivity index (χ1n) is 9.71. The summed E-state index contributed by atoms with van der Waals surface area (Å²) < 4.78 is 29.3. The van der Waals surface area contributed by atoms with Crippen LogP contribution in [0, 0.1) is 0 Å². The van der Waals surface area contributed by atoms with Crippen molar-refractivity contribution in [3.8, 4) is 5.75 Å². The summed E-state index contributed by atoms with van der Waals surface area (Å²) in [5, 5.41) is 0. The van der Waals surface area contributed by atoms with Gasteiger partial charge in [0, 0.05) is 17.5 Å². The Morgan fingerprint density at radius 3 is 2.61 bits per heavy atom. The number of methoxy groups -OCH3 is 1. The molecule has 2 heterocycles. The highest BCUT2D eigenvalue weighted by Gasteiger charge is 2.35. The monoisotopic (exact) mass is 419 g/mol. The molecule has 1 unspecified atom stereocenters. The van der Waals surface area contributed by atoms with Gasteiger partial charge in [-0.1, -0.05) is 12.1 Å². The van der Waals surface area contributed by atoms with Gasteiger partial charge in [0.15, 0.2) is 9.84 Å². The van der Waals surface area contributed by atoms with Crippen LogP contribution in [0.1, 0.15) is 44.9 Å². The SMILES string of the molecule is COc1ccc(CN(C(=O)c2cc3c(s2)CCCC3)C2CCS(=O)(=O)C2)cc1. The van der Waals surface area contributed by atoms with E-state index in [0.29, 0.717) is 13.0 Å². The third-order valence-corrected chi connectivity index (χ3v) is 8.60. The average Bonchev–Trinajstić information content (AvgIpc) is 3.29. The molecule has 4 rings (SSSR count). The largest absolute Gasteiger partial charge is 0.497 e. The summed E-state index contributed by atoms with van der Waals surface area (Å²) in [4.78, 5) is 17.2. The van der Waals surface area contributed by atoms with Gasteiger partial charge in [0.25, 0.3) is 5.91 Å². The van der Waals surface area contributed by atoms with Gasteiger partial charge in [-0.05, 0) is 61.4 Å². The van der Waals surface area contributed by atoms with Gasteiger partial charge in [0.1, 0.15) is 5.75 Å². The zero-order valence-corrected chi connectivity index (χ0v) is 17.7. The number of sulfone groups is 1. The van der Waals surface area contributed by atoms with E-state index in [1.807, 2.05) is 30.3 Å². The maximum absolute atomic E-state index is 13.4. The van der Waals surface area contributed by atoms with Crippen molar-refractivity contribution in [1.29, 1.82) is 0 Å². The van der Waals surface area contributed by atoms with Crippen molar-refractivity contribution < 1.29 is 17.9 Å². The highest BCUT2D eigenvalue weighted by Crippen LogP contribution is 2.32. The van der Waals surface area contributed by atoms with Gasteiger partial charge in [-0.25, -0.2) is 8.42 Å². The number of nitrogens with zero attached hydrogens (tertiary/aromatic N) is 1. The first-order valence-corrected chi connectivity index (χ1v) is 12.3. The number of fused-ring (bicyclic) bond motifs is 1. The van der Waals surface area contributed by atoms with E-state index in [2.05, 4.69) is 0 Å². The molecule has 7 heteroatoms. The van der Waals surface area contributed by atoms with E-state index in [4.69, 9.17) is 4.74 Å². The van der Waals surface area contributed by atoms with Crippen LogP contribution in [0.15, 0.2) is 30.3 Å². The first kappa shape index (κ1) is 19.5. The minimum absolute atomic E-state index is 0.0441. The summed E-state index contributed by atoms with van der Waals surface area (Å²) in [5.41, 5.74) is 2.27. The lowest BCUT2D eigenvalue weighted by Crippen LogP contribution is -2.40. The Kier molecular flexibility index (Phi) is 5.47. The number of hydrogen-bond donors (Lipinski definition) is 0. The molecule has 1 aliphatic carbocycles. The topological polar surface area (TPSA) is 63.7 Å². The number of ether oxygens (including phenoxy) is 1. The number of thiophene rings is 1. The molecule has 1 aliphatic heterocycles. The van der Waals surface area contributed by atoms with Crippen molar-refractivity contribution in [3.05, 3.63) is 51.2 Å². The van der Waals surface area contributed by atoms with E-state index in [1.54, 1.807) is 23.3 Å². The molecule has 2 aromatic rings. The Morgan fingerprint density at radius 1 is 1.21 bits per heavy atom. The van der Waals surface area contributed by atoms with Crippen LogP contribution in [-0.4, -0.2) is 43.9 Å². The summed E-state index contributed by atoms with van der Waals surface area (Å²) in [6.07, 6.45) is 4.94. The molecule has 0 saturated carbocycles. The molecule has 1 amide bonds. The molecule has 1 aromatic heterocycles. The van der Waals surface area contributed by atoms with E-state index < -0.39 is 9.84 Å². The molecule has 0 N–H and O–H groups in total. The molecule has 1 atom stereocenters. The summed E-state index contributed by atoms with van der Waals surface area (Å²) in [7, 11) is -1.45. The summed E-state index contributed by atoms with van der Waals surface area (Å²) >= 11 is 1.59. The molecule has 0 radical (unpaired) electrons. The van der Waals surface area contributed by atoms with E-state index in [0.717, 1.165) is 29.0 Å². The number of hydrogen-bond acceptors (Lipinski definition) is 5. The van der Waals surface area contributed by atoms with Gasteiger partial charge < -0.3 is 9.64 Å². The molecular formula is C21H25NO4S2. The van der Waals surface area contributed by atoms with Crippen molar-refractivity contribution in [3.63, 3.8) is 0 Å². The molecule has 28 heavy (non-hydrogen) atoms. The standard InChI is InChI=1S/C21H25NO4S2/c1-26-18-8-6-15(7-9-18)13-22(17-10-11-28(24,25)14-17)21(23)20-12-16-4-2-3-5-19(16)27-20/h6-9,12,17H,2-5,10-11,13-14H2,1H3. The first-order chi connectivity index (χ1) is 13.4. The average molecular weight is 420 g/mol. The highest BCUT2D eigenvalue weighted by atomic mass is 32.2. The van der Waals surface area contributed by atoms with Gasteiger partial charge in [0.2, 0.25) is 0 Å². The lowest BCUT2D eigenvalue weighted by molar-refractivity contribution is 0.0686. The fraction of sp³-hybridized carbons (Fsp3) is 0.476. The van der Waals surface area contributed by atoms with Crippen LogP contribution in [0.5, 0.6) is 5.75 Å². The lowest BCUT2D eigenvalue weighted by atomic mass is 9.99. The normalized spacial score (nSPS) is 20.5. The van der Waals surface area contributed by atoms with E-state index in [-0.39, 0.29) is 23.5 Å². The number of rotatable bonds is 5. The molecule has 1 fully saturated rings. The van der Waals surface area contributed by atoms with Gasteiger partial charge in [-0.3, -0.25) is 4.79 Å². The van der Waals surface area contributed by atoms with Crippen molar-refractivity contribution in [2.24, 2.45) is 0 Å². The lowest BCUT2D eigenvalue weighted by Gasteiger charge is -2.28.